The second-order valence-electron chi connectivity index (χ2n) is 5.12. The first-order valence-electron chi connectivity index (χ1n) is 7.03. The molecule has 0 spiro atoms. The van der Waals surface area contributed by atoms with Gasteiger partial charge in [0, 0.05) is 17.2 Å². The molecule has 3 rings (SSSR count). The number of phenols is 1. The number of aryl methyl sites for hydroxylation is 1. The van der Waals surface area contributed by atoms with Crippen LogP contribution < -0.4 is 4.74 Å². The molecule has 0 radical (unpaired) electrons. The van der Waals surface area contributed by atoms with E-state index in [0.29, 0.717) is 21.3 Å². The number of phenolic OH excluding ortho intramolecular Hbond substituents is 1. The smallest absolute Gasteiger partial charge is 0.284 e. The molecule has 1 amide bonds. The van der Waals surface area contributed by atoms with Crippen molar-refractivity contribution < 1.29 is 14.6 Å². The van der Waals surface area contributed by atoms with Crippen molar-refractivity contribution in [2.24, 2.45) is 4.99 Å². The number of hydrogen-bond donors (Lipinski definition) is 1. The van der Waals surface area contributed by atoms with Gasteiger partial charge in [-0.15, -0.1) is 0 Å². The number of amides is 1. The molecule has 0 fully saturated rings. The Morgan fingerprint density at radius 1 is 1.17 bits per heavy atom. The van der Waals surface area contributed by atoms with Crippen molar-refractivity contribution >= 4 is 28.8 Å². The molecule has 0 bridgehead atoms. The predicted octanol–water partition coefficient (Wildman–Crippen LogP) is 3.77. The van der Waals surface area contributed by atoms with Crippen LogP contribution in [0.4, 0.5) is 0 Å². The van der Waals surface area contributed by atoms with Crippen LogP contribution in [0.5, 0.6) is 11.5 Å². The maximum Gasteiger partial charge on any atom is 0.284 e. The van der Waals surface area contributed by atoms with E-state index in [-0.39, 0.29) is 11.7 Å². The zero-order valence-electron chi connectivity index (χ0n) is 12.7. The molecule has 5 heteroatoms. The molecule has 1 heterocycles. The summed E-state index contributed by atoms with van der Waals surface area (Å²) in [7, 11) is 1.53. The van der Waals surface area contributed by atoms with Gasteiger partial charge in [-0.25, -0.2) is 4.99 Å². The number of nitrogens with zero attached hydrogens (tertiary/aromatic N) is 1. The minimum Gasteiger partial charge on any atom is -0.507 e. The summed E-state index contributed by atoms with van der Waals surface area (Å²) in [4.78, 5) is 16.7. The maximum absolute atomic E-state index is 12.1. The lowest BCUT2D eigenvalue weighted by atomic mass is 10.1. The Kier molecular flexibility index (Phi) is 4.21. The van der Waals surface area contributed by atoms with E-state index in [1.54, 1.807) is 18.2 Å². The summed E-state index contributed by atoms with van der Waals surface area (Å²) in [5.41, 5.74) is 2.63. The van der Waals surface area contributed by atoms with Crippen molar-refractivity contribution in [1.29, 1.82) is 0 Å². The van der Waals surface area contributed by atoms with Gasteiger partial charge in [-0.2, -0.15) is 0 Å². The SMILES string of the molecule is COc1ccc(/C=C2\SC(c3ccc(C)cc3)=NC2=O)c(O)c1. The Morgan fingerprint density at radius 3 is 2.57 bits per heavy atom. The van der Waals surface area contributed by atoms with Gasteiger partial charge in [-0.05, 0) is 25.1 Å². The standard InChI is InChI=1S/C18H15NO3S/c1-11-3-5-12(6-4-11)18-19-17(21)16(23-18)9-13-7-8-14(22-2)10-15(13)20/h3-10,20H,1-2H3/b16-9-. The number of methoxy groups -OCH3 is 1. The summed E-state index contributed by atoms with van der Waals surface area (Å²) in [5.74, 6) is 0.335. The largest absolute Gasteiger partial charge is 0.507 e. The highest BCUT2D eigenvalue weighted by Gasteiger charge is 2.23. The molecule has 2 aromatic carbocycles. The number of carbonyl (C=O) groups excluding carboxylic acids is 1. The number of carbonyl (C=O) groups is 1. The summed E-state index contributed by atoms with van der Waals surface area (Å²) in [6.07, 6.45) is 1.65. The topological polar surface area (TPSA) is 58.9 Å². The van der Waals surface area contributed by atoms with E-state index in [2.05, 4.69) is 4.99 Å². The van der Waals surface area contributed by atoms with E-state index >= 15 is 0 Å². The first kappa shape index (κ1) is 15.4. The number of rotatable bonds is 3. The molecular formula is C18H15NO3S. The van der Waals surface area contributed by atoms with Crippen LogP contribution in [0, 0.1) is 6.92 Å². The molecule has 2 aromatic rings. The molecule has 0 atom stereocenters. The van der Waals surface area contributed by atoms with Crippen LogP contribution in [0.15, 0.2) is 52.4 Å². The quantitative estimate of drug-likeness (QED) is 0.873. The van der Waals surface area contributed by atoms with E-state index in [1.165, 1.54) is 24.9 Å². The summed E-state index contributed by atoms with van der Waals surface area (Å²) in [6.45, 7) is 2.01. The molecule has 1 aliphatic heterocycles. The first-order valence-corrected chi connectivity index (χ1v) is 7.85. The van der Waals surface area contributed by atoms with Gasteiger partial charge in [0.25, 0.3) is 5.91 Å². The summed E-state index contributed by atoms with van der Waals surface area (Å²) < 4.78 is 5.05. The van der Waals surface area contributed by atoms with E-state index in [9.17, 15) is 9.90 Å². The third-order valence-corrected chi connectivity index (χ3v) is 4.48. The Bertz CT molecular complexity index is 823. The van der Waals surface area contributed by atoms with Crippen molar-refractivity contribution in [2.45, 2.75) is 6.92 Å². The average Bonchev–Trinajstić information content (AvgIpc) is 2.91. The van der Waals surface area contributed by atoms with Gasteiger partial charge >= 0.3 is 0 Å². The molecule has 0 saturated carbocycles. The molecule has 23 heavy (non-hydrogen) atoms. The van der Waals surface area contributed by atoms with E-state index in [0.717, 1.165) is 11.1 Å². The van der Waals surface area contributed by atoms with Crippen LogP contribution in [0.25, 0.3) is 6.08 Å². The van der Waals surface area contributed by atoms with Gasteiger partial charge < -0.3 is 9.84 Å². The highest BCUT2D eigenvalue weighted by atomic mass is 32.2. The molecule has 0 aliphatic carbocycles. The van der Waals surface area contributed by atoms with Gasteiger partial charge in [-0.1, -0.05) is 41.6 Å². The number of benzene rings is 2. The number of thioether (sulfide) groups is 1. The van der Waals surface area contributed by atoms with Gasteiger partial charge in [0.05, 0.1) is 12.0 Å². The lowest BCUT2D eigenvalue weighted by Crippen LogP contribution is -1.90. The summed E-state index contributed by atoms with van der Waals surface area (Å²) >= 11 is 1.31. The number of hydrogen-bond acceptors (Lipinski definition) is 4. The highest BCUT2D eigenvalue weighted by molar-refractivity contribution is 8.19. The minimum atomic E-state index is -0.291. The second kappa shape index (κ2) is 6.30. The third-order valence-electron chi connectivity index (χ3n) is 3.44. The van der Waals surface area contributed by atoms with Gasteiger partial charge in [0.15, 0.2) is 0 Å². The number of aromatic hydroxyl groups is 1. The monoisotopic (exact) mass is 325 g/mol. The van der Waals surface area contributed by atoms with Crippen LogP contribution >= 0.6 is 11.8 Å². The zero-order chi connectivity index (χ0) is 16.4. The lowest BCUT2D eigenvalue weighted by Gasteiger charge is -2.04. The van der Waals surface area contributed by atoms with Crippen LogP contribution in [0.1, 0.15) is 16.7 Å². The van der Waals surface area contributed by atoms with Gasteiger partial charge in [0.1, 0.15) is 16.5 Å². The van der Waals surface area contributed by atoms with Crippen molar-refractivity contribution in [2.75, 3.05) is 7.11 Å². The Morgan fingerprint density at radius 2 is 1.91 bits per heavy atom. The Balaban J connectivity index is 1.86. The molecule has 0 saturated heterocycles. The highest BCUT2D eigenvalue weighted by Crippen LogP contribution is 2.34. The molecule has 0 aromatic heterocycles. The van der Waals surface area contributed by atoms with Crippen molar-refractivity contribution in [1.82, 2.24) is 0 Å². The molecule has 1 aliphatic rings. The molecule has 0 unspecified atom stereocenters. The minimum absolute atomic E-state index is 0.0639. The fourth-order valence-electron chi connectivity index (χ4n) is 2.14. The maximum atomic E-state index is 12.1. The van der Waals surface area contributed by atoms with E-state index in [1.807, 2.05) is 31.2 Å². The van der Waals surface area contributed by atoms with Crippen molar-refractivity contribution in [3.63, 3.8) is 0 Å². The second-order valence-corrected chi connectivity index (χ2v) is 6.15. The van der Waals surface area contributed by atoms with Gasteiger partial charge in [-0.3, -0.25) is 4.79 Å². The van der Waals surface area contributed by atoms with Crippen LogP contribution in [-0.4, -0.2) is 23.2 Å². The van der Waals surface area contributed by atoms with E-state index < -0.39 is 0 Å². The lowest BCUT2D eigenvalue weighted by molar-refractivity contribution is -0.113. The normalized spacial score (nSPS) is 15.8. The molecule has 116 valence electrons. The van der Waals surface area contributed by atoms with Crippen molar-refractivity contribution in [3.8, 4) is 11.5 Å². The first-order chi connectivity index (χ1) is 11.1. The Hall–Kier alpha value is -2.53. The van der Waals surface area contributed by atoms with Crippen molar-refractivity contribution in [3.05, 3.63) is 64.1 Å². The van der Waals surface area contributed by atoms with Crippen LogP contribution in [-0.2, 0) is 4.79 Å². The van der Waals surface area contributed by atoms with Gasteiger partial charge in [0.2, 0.25) is 0 Å². The van der Waals surface area contributed by atoms with Crippen LogP contribution in [0.3, 0.4) is 0 Å². The molecule has 4 nitrogen and oxygen atoms in total. The fourth-order valence-corrected chi connectivity index (χ4v) is 3.05. The molecular weight excluding hydrogens is 310 g/mol. The predicted molar refractivity (Wildman–Crippen MR) is 92.9 cm³/mol. The summed E-state index contributed by atoms with van der Waals surface area (Å²) in [6, 6.07) is 12.8. The number of aliphatic imine (C=N–C) groups is 1. The third kappa shape index (κ3) is 3.29. The van der Waals surface area contributed by atoms with E-state index in [4.69, 9.17) is 4.74 Å². The Labute approximate surface area is 138 Å². The summed E-state index contributed by atoms with van der Waals surface area (Å²) in [5, 5.41) is 10.7. The molecule has 1 N–H and O–H groups in total. The number of ether oxygens (including phenoxy) is 1. The average molecular weight is 325 g/mol. The van der Waals surface area contributed by atoms with Crippen LogP contribution in [0.2, 0.25) is 0 Å². The zero-order valence-corrected chi connectivity index (χ0v) is 13.6. The fraction of sp³-hybridized carbons (Fsp3) is 0.111.